The molecule has 2 aromatic rings. The lowest BCUT2D eigenvalue weighted by Gasteiger charge is -2.26. The number of aliphatic imine (C=N–C) groups is 1. The second-order valence-corrected chi connectivity index (χ2v) is 10.7. The second kappa shape index (κ2) is 7.10. The Labute approximate surface area is 172 Å². The normalized spacial score (nSPS) is 23.1. The van der Waals surface area contributed by atoms with E-state index in [9.17, 15) is 17.6 Å². The van der Waals surface area contributed by atoms with Crippen molar-refractivity contribution in [1.29, 1.82) is 0 Å². The van der Waals surface area contributed by atoms with Crippen molar-refractivity contribution in [3.8, 4) is 0 Å². The molecule has 29 heavy (non-hydrogen) atoms. The van der Waals surface area contributed by atoms with Gasteiger partial charge in [-0.3, -0.25) is 14.9 Å². The number of amides is 1. The molecule has 0 aliphatic carbocycles. The van der Waals surface area contributed by atoms with Gasteiger partial charge in [-0.05, 0) is 45.4 Å². The molecule has 1 aliphatic heterocycles. The van der Waals surface area contributed by atoms with Crippen molar-refractivity contribution in [2.24, 2.45) is 10.7 Å². The van der Waals surface area contributed by atoms with E-state index in [2.05, 4.69) is 20.5 Å². The smallest absolute Gasteiger partial charge is 0.275 e. The molecule has 3 rings (SSSR count). The lowest BCUT2D eigenvalue weighted by atomic mass is 9.88. The van der Waals surface area contributed by atoms with Gasteiger partial charge >= 0.3 is 0 Å². The van der Waals surface area contributed by atoms with Crippen molar-refractivity contribution in [2.45, 2.75) is 37.5 Å². The predicted octanol–water partition coefficient (Wildman–Crippen LogP) is 2.62. The standard InChI is InChI=1S/C18H21ClFN5O3S/c1-17(2)16(21)24-18(3,6-7-29(17,27)28)11-8-10(4-5-13(11)20)23-15(26)14-12(19)9-22-25-14/h4-5,8-9H,6-7H2,1-3H3,(H2,21,24)(H,22,25)(H,23,26). The van der Waals surface area contributed by atoms with E-state index < -0.39 is 31.8 Å². The van der Waals surface area contributed by atoms with Crippen molar-refractivity contribution < 1.29 is 17.6 Å². The van der Waals surface area contributed by atoms with Crippen LogP contribution in [0, 0.1) is 5.82 Å². The summed E-state index contributed by atoms with van der Waals surface area (Å²) in [6.45, 7) is 4.58. The van der Waals surface area contributed by atoms with Gasteiger partial charge in [0.05, 0.1) is 22.5 Å². The number of aromatic amines is 1. The molecule has 4 N–H and O–H groups in total. The fourth-order valence-electron chi connectivity index (χ4n) is 3.04. The molecule has 0 saturated carbocycles. The number of carbonyl (C=O) groups excluding carboxylic acids is 1. The first-order valence-corrected chi connectivity index (χ1v) is 10.8. The quantitative estimate of drug-likeness (QED) is 0.673. The Morgan fingerprint density at radius 1 is 1.34 bits per heavy atom. The van der Waals surface area contributed by atoms with E-state index >= 15 is 0 Å². The zero-order chi connectivity index (χ0) is 21.6. The van der Waals surface area contributed by atoms with Crippen LogP contribution < -0.4 is 11.1 Å². The molecule has 1 atom stereocenters. The average Bonchev–Trinajstić information content (AvgIpc) is 3.05. The number of hydrogen-bond acceptors (Lipinski definition) is 6. The van der Waals surface area contributed by atoms with Gasteiger partial charge in [0.1, 0.15) is 22.1 Å². The number of amidine groups is 1. The Bertz CT molecular complexity index is 1110. The van der Waals surface area contributed by atoms with E-state index in [1.54, 1.807) is 6.92 Å². The molecule has 0 spiro atoms. The Morgan fingerprint density at radius 2 is 2.03 bits per heavy atom. The molecule has 1 aromatic carbocycles. The number of rotatable bonds is 3. The lowest BCUT2D eigenvalue weighted by Crippen LogP contribution is -2.45. The van der Waals surface area contributed by atoms with Crippen molar-refractivity contribution >= 4 is 38.9 Å². The highest BCUT2D eigenvalue weighted by Gasteiger charge is 2.45. The Balaban J connectivity index is 2.00. The number of halogens is 2. The number of aromatic nitrogens is 2. The average molecular weight is 442 g/mol. The summed E-state index contributed by atoms with van der Waals surface area (Å²) in [4.78, 5) is 16.7. The van der Waals surface area contributed by atoms with E-state index in [0.717, 1.165) is 0 Å². The molecule has 0 fully saturated rings. The number of hydrogen-bond donors (Lipinski definition) is 3. The monoisotopic (exact) mass is 441 g/mol. The van der Waals surface area contributed by atoms with Crippen LogP contribution in [0.5, 0.6) is 0 Å². The Hall–Kier alpha value is -2.46. The maximum atomic E-state index is 14.7. The summed E-state index contributed by atoms with van der Waals surface area (Å²) in [7, 11) is -3.58. The van der Waals surface area contributed by atoms with Gasteiger partial charge in [0.2, 0.25) is 0 Å². The molecule has 1 unspecified atom stereocenters. The summed E-state index contributed by atoms with van der Waals surface area (Å²) in [5.41, 5.74) is 5.26. The van der Waals surface area contributed by atoms with Crippen LogP contribution in [-0.4, -0.2) is 40.9 Å². The first kappa shape index (κ1) is 21.3. The third kappa shape index (κ3) is 3.74. The first-order valence-electron chi connectivity index (χ1n) is 8.76. The summed E-state index contributed by atoms with van der Waals surface area (Å²) < 4.78 is 38.5. The van der Waals surface area contributed by atoms with Crippen molar-refractivity contribution in [2.75, 3.05) is 11.1 Å². The van der Waals surface area contributed by atoms with Crippen LogP contribution >= 0.6 is 11.6 Å². The van der Waals surface area contributed by atoms with Gasteiger partial charge in [-0.1, -0.05) is 11.6 Å². The number of anilines is 1. The molecular formula is C18H21ClFN5O3S. The minimum atomic E-state index is -3.58. The summed E-state index contributed by atoms with van der Waals surface area (Å²) in [6.07, 6.45) is 1.33. The molecule has 2 heterocycles. The maximum absolute atomic E-state index is 14.7. The number of nitrogens with one attached hydrogen (secondary N) is 2. The summed E-state index contributed by atoms with van der Waals surface area (Å²) in [5.74, 6) is -1.43. The predicted molar refractivity (Wildman–Crippen MR) is 109 cm³/mol. The molecule has 8 nitrogen and oxygen atoms in total. The van der Waals surface area contributed by atoms with E-state index in [-0.39, 0.29) is 34.3 Å². The lowest BCUT2D eigenvalue weighted by molar-refractivity contribution is 0.102. The highest BCUT2D eigenvalue weighted by Crippen LogP contribution is 2.38. The topological polar surface area (TPSA) is 130 Å². The number of nitrogens with zero attached hydrogens (tertiary/aromatic N) is 2. The van der Waals surface area contributed by atoms with Gasteiger partial charge in [-0.15, -0.1) is 0 Å². The van der Waals surface area contributed by atoms with Crippen LogP contribution in [0.3, 0.4) is 0 Å². The summed E-state index contributed by atoms with van der Waals surface area (Å²) >= 11 is 5.89. The zero-order valence-electron chi connectivity index (χ0n) is 16.1. The van der Waals surface area contributed by atoms with E-state index in [1.807, 2.05) is 0 Å². The van der Waals surface area contributed by atoms with Crippen LogP contribution in [0.2, 0.25) is 5.02 Å². The minimum absolute atomic E-state index is 0.0418. The van der Waals surface area contributed by atoms with E-state index in [4.69, 9.17) is 17.3 Å². The fraction of sp³-hybridized carbons (Fsp3) is 0.389. The number of sulfone groups is 1. The third-order valence-electron chi connectivity index (χ3n) is 5.24. The van der Waals surface area contributed by atoms with Gasteiger partial charge in [-0.25, -0.2) is 12.8 Å². The largest absolute Gasteiger partial charge is 0.386 e. The molecule has 1 amide bonds. The fourth-order valence-corrected chi connectivity index (χ4v) is 4.76. The van der Waals surface area contributed by atoms with Gasteiger partial charge in [0.25, 0.3) is 5.91 Å². The van der Waals surface area contributed by atoms with E-state index in [1.165, 1.54) is 38.2 Å². The number of nitrogens with two attached hydrogens (primary N) is 1. The first-order chi connectivity index (χ1) is 13.4. The molecule has 0 saturated heterocycles. The molecular weight excluding hydrogens is 421 g/mol. The highest BCUT2D eigenvalue weighted by molar-refractivity contribution is 7.93. The number of carbonyl (C=O) groups is 1. The van der Waals surface area contributed by atoms with Gasteiger partial charge in [0.15, 0.2) is 9.84 Å². The molecule has 1 aromatic heterocycles. The van der Waals surface area contributed by atoms with Crippen molar-refractivity contribution in [3.63, 3.8) is 0 Å². The zero-order valence-corrected chi connectivity index (χ0v) is 17.7. The molecule has 0 bridgehead atoms. The van der Waals surface area contributed by atoms with Crippen molar-refractivity contribution in [1.82, 2.24) is 10.2 Å². The van der Waals surface area contributed by atoms with Crippen LogP contribution in [-0.2, 0) is 15.4 Å². The number of H-pyrrole nitrogens is 1. The Morgan fingerprint density at radius 3 is 2.66 bits per heavy atom. The van der Waals surface area contributed by atoms with Gasteiger partial charge < -0.3 is 11.1 Å². The van der Waals surface area contributed by atoms with Crippen LogP contribution in [0.25, 0.3) is 0 Å². The van der Waals surface area contributed by atoms with Gasteiger partial charge in [-0.2, -0.15) is 5.10 Å². The van der Waals surface area contributed by atoms with Crippen LogP contribution in [0.1, 0.15) is 43.2 Å². The summed E-state index contributed by atoms with van der Waals surface area (Å²) in [5, 5.41) is 8.91. The highest BCUT2D eigenvalue weighted by atomic mass is 35.5. The SMILES string of the molecule is CC1(c2cc(NC(=O)c3[nH]ncc3Cl)ccc2F)CCS(=O)(=O)C(C)(C)C(N)=N1. The van der Waals surface area contributed by atoms with Gasteiger partial charge in [0, 0.05) is 11.3 Å². The minimum Gasteiger partial charge on any atom is -0.386 e. The molecule has 1 aliphatic rings. The van der Waals surface area contributed by atoms with Crippen molar-refractivity contribution in [3.05, 3.63) is 46.5 Å². The number of benzene rings is 1. The third-order valence-corrected chi connectivity index (χ3v) is 8.04. The van der Waals surface area contributed by atoms with Crippen LogP contribution in [0.4, 0.5) is 10.1 Å². The molecule has 0 radical (unpaired) electrons. The maximum Gasteiger partial charge on any atom is 0.275 e. The molecule has 11 heteroatoms. The Kier molecular flexibility index (Phi) is 5.20. The van der Waals surface area contributed by atoms with E-state index in [0.29, 0.717) is 5.69 Å². The molecule has 156 valence electrons. The second-order valence-electron chi connectivity index (χ2n) is 7.59. The summed E-state index contributed by atoms with van der Waals surface area (Å²) in [6, 6.07) is 3.98. The van der Waals surface area contributed by atoms with Crippen LogP contribution in [0.15, 0.2) is 29.4 Å².